The van der Waals surface area contributed by atoms with Crippen LogP contribution in [0, 0.1) is 5.92 Å². The van der Waals surface area contributed by atoms with Crippen LogP contribution in [0.25, 0.3) is 5.57 Å². The van der Waals surface area contributed by atoms with Gasteiger partial charge < -0.3 is 10.0 Å². The lowest BCUT2D eigenvalue weighted by Gasteiger charge is -2.34. The van der Waals surface area contributed by atoms with E-state index in [1.54, 1.807) is 12.1 Å². The second kappa shape index (κ2) is 7.89. The number of aliphatic hydroxyl groups is 1. The Kier molecular flexibility index (Phi) is 5.33. The Labute approximate surface area is 172 Å². The lowest BCUT2D eigenvalue weighted by molar-refractivity contribution is -0.120. The molecule has 1 saturated heterocycles. The van der Waals surface area contributed by atoms with Crippen LogP contribution in [0.1, 0.15) is 18.4 Å². The van der Waals surface area contributed by atoms with Gasteiger partial charge in [-0.05, 0) is 42.5 Å². The van der Waals surface area contributed by atoms with Gasteiger partial charge in [-0.25, -0.2) is 4.90 Å². The van der Waals surface area contributed by atoms with E-state index in [1.807, 2.05) is 47.4 Å². The Morgan fingerprint density at radius 1 is 1.04 bits per heavy atom. The van der Waals surface area contributed by atoms with Crippen LogP contribution < -0.4 is 4.90 Å². The molecule has 2 aliphatic rings. The van der Waals surface area contributed by atoms with E-state index in [1.165, 1.54) is 4.90 Å². The Morgan fingerprint density at radius 2 is 1.82 bits per heavy atom. The first-order valence-corrected chi connectivity index (χ1v) is 10.2. The fraction of sp³-hybridized carbons (Fsp3) is 0.273. The highest BCUT2D eigenvalue weighted by atomic mass is 79.9. The Hall–Kier alpha value is -2.44. The number of carbonyl (C=O) groups excluding carboxylic acids is 2. The lowest BCUT2D eigenvalue weighted by Crippen LogP contribution is -2.40. The monoisotopic (exact) mass is 440 g/mol. The largest absolute Gasteiger partial charge is 0.396 e. The van der Waals surface area contributed by atoms with Crippen molar-refractivity contribution in [1.29, 1.82) is 0 Å². The fourth-order valence-corrected chi connectivity index (χ4v) is 4.33. The van der Waals surface area contributed by atoms with Crippen molar-refractivity contribution in [1.82, 2.24) is 4.90 Å². The third kappa shape index (κ3) is 3.38. The van der Waals surface area contributed by atoms with Gasteiger partial charge >= 0.3 is 0 Å². The van der Waals surface area contributed by atoms with Gasteiger partial charge in [-0.3, -0.25) is 9.59 Å². The number of nitrogens with zero attached hydrogens (tertiary/aromatic N) is 2. The van der Waals surface area contributed by atoms with Crippen LogP contribution in [0.3, 0.4) is 0 Å². The van der Waals surface area contributed by atoms with E-state index in [-0.39, 0.29) is 24.3 Å². The van der Waals surface area contributed by atoms with Crippen LogP contribution in [0.5, 0.6) is 0 Å². The van der Waals surface area contributed by atoms with E-state index in [9.17, 15) is 14.7 Å². The molecule has 0 radical (unpaired) electrons. The second-order valence-corrected chi connectivity index (χ2v) is 8.07. The predicted molar refractivity (Wildman–Crippen MR) is 111 cm³/mol. The molecule has 2 aromatic rings. The number of imide groups is 1. The standard InChI is InChI=1S/C22H21BrN2O3/c23-17-9-4-10-18(12-17)25-21(27)19(16-7-2-1-3-8-16)20(22(25)28)24-11-5-6-15(13-24)14-26/h1-4,7-10,12,15,26H,5-6,11,13-14H2. The minimum absolute atomic E-state index is 0.0853. The molecule has 28 heavy (non-hydrogen) atoms. The average molecular weight is 441 g/mol. The summed E-state index contributed by atoms with van der Waals surface area (Å²) in [6.07, 6.45) is 1.81. The Bertz CT molecular complexity index is 942. The van der Waals surface area contributed by atoms with Crippen LogP contribution in [0.2, 0.25) is 0 Å². The molecule has 0 aromatic heterocycles. The zero-order valence-electron chi connectivity index (χ0n) is 15.3. The van der Waals surface area contributed by atoms with Crippen LogP contribution in [-0.2, 0) is 9.59 Å². The number of carbonyl (C=O) groups is 2. The van der Waals surface area contributed by atoms with Gasteiger partial charge in [0.2, 0.25) is 0 Å². The van der Waals surface area contributed by atoms with Crippen molar-refractivity contribution in [2.24, 2.45) is 5.92 Å². The Balaban J connectivity index is 1.81. The quantitative estimate of drug-likeness (QED) is 0.739. The number of hydrogen-bond donors (Lipinski definition) is 1. The molecule has 0 saturated carbocycles. The molecule has 1 fully saturated rings. The zero-order valence-corrected chi connectivity index (χ0v) is 16.9. The van der Waals surface area contributed by atoms with Gasteiger partial charge in [-0.2, -0.15) is 0 Å². The highest BCUT2D eigenvalue weighted by molar-refractivity contribution is 9.10. The number of likely N-dealkylation sites (tertiary alicyclic amines) is 1. The number of amides is 2. The summed E-state index contributed by atoms with van der Waals surface area (Å²) in [4.78, 5) is 30.1. The minimum atomic E-state index is -0.310. The van der Waals surface area contributed by atoms with Gasteiger partial charge in [0, 0.05) is 24.2 Å². The molecule has 2 amide bonds. The summed E-state index contributed by atoms with van der Waals surface area (Å²) < 4.78 is 0.804. The van der Waals surface area contributed by atoms with Gasteiger partial charge in [0.15, 0.2) is 0 Å². The van der Waals surface area contributed by atoms with E-state index in [4.69, 9.17) is 0 Å². The summed E-state index contributed by atoms with van der Waals surface area (Å²) in [5, 5.41) is 9.60. The summed E-state index contributed by atoms with van der Waals surface area (Å²) >= 11 is 3.42. The highest BCUT2D eigenvalue weighted by Crippen LogP contribution is 2.36. The molecular weight excluding hydrogens is 420 g/mol. The third-order valence-corrected chi connectivity index (χ3v) is 5.77. The van der Waals surface area contributed by atoms with Gasteiger partial charge in [0.1, 0.15) is 5.70 Å². The van der Waals surface area contributed by atoms with E-state index >= 15 is 0 Å². The van der Waals surface area contributed by atoms with Crippen molar-refractivity contribution in [2.45, 2.75) is 12.8 Å². The van der Waals surface area contributed by atoms with E-state index in [0.29, 0.717) is 30.0 Å². The van der Waals surface area contributed by atoms with Crippen molar-refractivity contribution in [3.05, 3.63) is 70.3 Å². The van der Waals surface area contributed by atoms with Crippen molar-refractivity contribution >= 4 is 39.0 Å². The maximum absolute atomic E-state index is 13.4. The fourth-order valence-electron chi connectivity index (χ4n) is 3.94. The predicted octanol–water partition coefficient (Wildman–Crippen LogP) is 3.44. The van der Waals surface area contributed by atoms with Crippen molar-refractivity contribution in [3.63, 3.8) is 0 Å². The SMILES string of the molecule is O=C1C(c2ccccc2)=C(N2CCCC(CO)C2)C(=O)N1c1cccc(Br)c1. The number of hydrogen-bond acceptors (Lipinski definition) is 4. The van der Waals surface area contributed by atoms with E-state index < -0.39 is 0 Å². The first-order valence-electron chi connectivity index (χ1n) is 9.40. The second-order valence-electron chi connectivity index (χ2n) is 7.15. The number of piperidine rings is 1. The maximum Gasteiger partial charge on any atom is 0.282 e. The first kappa shape index (κ1) is 18.9. The van der Waals surface area contributed by atoms with Crippen LogP contribution in [0.4, 0.5) is 5.69 Å². The van der Waals surface area contributed by atoms with Crippen LogP contribution in [0.15, 0.2) is 64.8 Å². The summed E-state index contributed by atoms with van der Waals surface area (Å²) in [5.74, 6) is -0.503. The molecule has 144 valence electrons. The Morgan fingerprint density at radius 3 is 2.54 bits per heavy atom. The van der Waals surface area contributed by atoms with E-state index in [0.717, 1.165) is 22.9 Å². The van der Waals surface area contributed by atoms with Crippen LogP contribution >= 0.6 is 15.9 Å². The van der Waals surface area contributed by atoms with Gasteiger partial charge in [0.05, 0.1) is 11.3 Å². The summed E-state index contributed by atoms with van der Waals surface area (Å²) in [7, 11) is 0. The average Bonchev–Trinajstić information content (AvgIpc) is 2.99. The topological polar surface area (TPSA) is 60.9 Å². The molecule has 0 spiro atoms. The zero-order chi connectivity index (χ0) is 19.7. The van der Waals surface area contributed by atoms with Crippen molar-refractivity contribution in [2.75, 3.05) is 24.6 Å². The number of halogens is 1. The van der Waals surface area contributed by atoms with Gasteiger partial charge in [-0.1, -0.05) is 52.3 Å². The number of aliphatic hydroxyl groups excluding tert-OH is 1. The molecular formula is C22H21BrN2O3. The molecule has 6 heteroatoms. The molecule has 0 bridgehead atoms. The smallest absolute Gasteiger partial charge is 0.282 e. The molecule has 1 N–H and O–H groups in total. The van der Waals surface area contributed by atoms with Crippen molar-refractivity contribution < 1.29 is 14.7 Å². The highest BCUT2D eigenvalue weighted by Gasteiger charge is 2.43. The molecule has 1 atom stereocenters. The minimum Gasteiger partial charge on any atom is -0.396 e. The molecule has 2 aliphatic heterocycles. The lowest BCUT2D eigenvalue weighted by atomic mass is 9.97. The summed E-state index contributed by atoms with van der Waals surface area (Å²) in [6.45, 7) is 1.36. The molecule has 2 heterocycles. The third-order valence-electron chi connectivity index (χ3n) is 5.28. The number of rotatable bonds is 4. The molecule has 5 nitrogen and oxygen atoms in total. The molecule has 2 aromatic carbocycles. The summed E-state index contributed by atoms with van der Waals surface area (Å²) in [6, 6.07) is 16.5. The van der Waals surface area contributed by atoms with Gasteiger partial charge in [0.25, 0.3) is 11.8 Å². The van der Waals surface area contributed by atoms with Gasteiger partial charge in [-0.15, -0.1) is 0 Å². The van der Waals surface area contributed by atoms with E-state index in [2.05, 4.69) is 15.9 Å². The van der Waals surface area contributed by atoms with Crippen molar-refractivity contribution in [3.8, 4) is 0 Å². The summed E-state index contributed by atoms with van der Waals surface area (Å²) in [5.41, 5.74) is 2.15. The first-order chi connectivity index (χ1) is 13.6. The number of anilines is 1. The number of benzene rings is 2. The molecule has 0 aliphatic carbocycles. The van der Waals surface area contributed by atoms with Crippen LogP contribution in [-0.4, -0.2) is 41.5 Å². The maximum atomic E-state index is 13.4. The molecule has 4 rings (SSSR count). The molecule has 1 unspecified atom stereocenters. The normalized spacial score (nSPS) is 20.3.